The molecular weight excluding hydrogens is 304 g/mol. The Morgan fingerprint density at radius 2 is 1.79 bits per heavy atom. The van der Waals surface area contributed by atoms with Gasteiger partial charge in [0.15, 0.2) is 0 Å². The molecule has 3 heterocycles. The molecule has 0 radical (unpaired) electrons. The monoisotopic (exact) mass is 322 g/mol. The Morgan fingerprint density at radius 1 is 1.04 bits per heavy atom. The smallest absolute Gasteiger partial charge is 0.250 e. The number of rotatable bonds is 3. The zero-order valence-electron chi connectivity index (χ0n) is 13.1. The Balaban J connectivity index is 1.45. The predicted octanol–water partition coefficient (Wildman–Crippen LogP) is 1.38. The molecule has 2 aromatic heterocycles. The molecule has 0 spiro atoms. The molecule has 1 amide bonds. The quantitative estimate of drug-likeness (QED) is 0.760. The molecule has 1 saturated heterocycles. The van der Waals surface area contributed by atoms with Gasteiger partial charge in [0, 0.05) is 32.4 Å². The maximum atomic E-state index is 11.1. The van der Waals surface area contributed by atoms with Crippen LogP contribution in [0.4, 0.5) is 11.8 Å². The maximum Gasteiger partial charge on any atom is 0.250 e. The highest BCUT2D eigenvalue weighted by molar-refractivity contribution is 5.92. The predicted molar refractivity (Wildman–Crippen MR) is 93.3 cm³/mol. The molecule has 1 aliphatic rings. The summed E-state index contributed by atoms with van der Waals surface area (Å²) in [5.41, 5.74) is 7.72. The van der Waals surface area contributed by atoms with Gasteiger partial charge < -0.3 is 20.5 Å². The molecule has 1 aromatic carbocycles. The molecule has 0 aliphatic carbocycles. The SMILES string of the molecule is NC(=O)c1ccc(N2CCN(c3nc4ccccc4[nH]3)CC2)nc1. The van der Waals surface area contributed by atoms with Gasteiger partial charge >= 0.3 is 0 Å². The molecule has 0 bridgehead atoms. The number of aromatic amines is 1. The van der Waals surface area contributed by atoms with Crippen LogP contribution in [0.2, 0.25) is 0 Å². The number of carbonyl (C=O) groups is 1. The number of nitrogens with two attached hydrogens (primary N) is 1. The number of imidazole rings is 1. The molecule has 3 aromatic rings. The van der Waals surface area contributed by atoms with Crippen LogP contribution in [-0.2, 0) is 0 Å². The van der Waals surface area contributed by atoms with Crippen molar-refractivity contribution in [3.63, 3.8) is 0 Å². The van der Waals surface area contributed by atoms with Crippen molar-refractivity contribution in [1.29, 1.82) is 0 Å². The molecule has 3 N–H and O–H groups in total. The van der Waals surface area contributed by atoms with Crippen LogP contribution in [0.1, 0.15) is 10.4 Å². The van der Waals surface area contributed by atoms with Crippen LogP contribution in [0.5, 0.6) is 0 Å². The van der Waals surface area contributed by atoms with Crippen LogP contribution in [0, 0.1) is 0 Å². The molecule has 1 aliphatic heterocycles. The number of carbonyl (C=O) groups excluding carboxylic acids is 1. The molecule has 7 nitrogen and oxygen atoms in total. The van der Waals surface area contributed by atoms with Gasteiger partial charge in [-0.05, 0) is 24.3 Å². The van der Waals surface area contributed by atoms with E-state index in [1.807, 2.05) is 30.3 Å². The summed E-state index contributed by atoms with van der Waals surface area (Å²) in [4.78, 5) is 27.9. The van der Waals surface area contributed by atoms with Crippen molar-refractivity contribution in [1.82, 2.24) is 15.0 Å². The summed E-state index contributed by atoms with van der Waals surface area (Å²) < 4.78 is 0. The molecule has 122 valence electrons. The standard InChI is InChI=1S/C17H18N6O/c18-16(24)12-5-6-15(19-11-12)22-7-9-23(10-8-22)17-20-13-3-1-2-4-14(13)21-17/h1-6,11H,7-10H2,(H2,18,24)(H,20,21). The normalized spacial score (nSPS) is 15.0. The third-order valence-electron chi connectivity index (χ3n) is 4.31. The maximum absolute atomic E-state index is 11.1. The van der Waals surface area contributed by atoms with Crippen molar-refractivity contribution in [2.45, 2.75) is 0 Å². The van der Waals surface area contributed by atoms with Crippen molar-refractivity contribution < 1.29 is 4.79 Å². The van der Waals surface area contributed by atoms with Crippen molar-refractivity contribution in [3.05, 3.63) is 48.2 Å². The number of anilines is 2. The summed E-state index contributed by atoms with van der Waals surface area (Å²) in [6, 6.07) is 11.6. The number of nitrogens with zero attached hydrogens (tertiary/aromatic N) is 4. The van der Waals surface area contributed by atoms with Crippen LogP contribution in [0.15, 0.2) is 42.6 Å². The lowest BCUT2D eigenvalue weighted by atomic mass is 10.2. The van der Waals surface area contributed by atoms with Gasteiger partial charge in [0.05, 0.1) is 16.6 Å². The zero-order chi connectivity index (χ0) is 16.5. The number of pyridine rings is 1. The van der Waals surface area contributed by atoms with Crippen molar-refractivity contribution in [2.24, 2.45) is 5.73 Å². The van der Waals surface area contributed by atoms with Gasteiger partial charge in [0.25, 0.3) is 0 Å². The van der Waals surface area contributed by atoms with Gasteiger partial charge in [-0.15, -0.1) is 0 Å². The fourth-order valence-electron chi connectivity index (χ4n) is 2.96. The van der Waals surface area contributed by atoms with Gasteiger partial charge in [-0.3, -0.25) is 4.79 Å². The minimum absolute atomic E-state index is 0.430. The Labute approximate surface area is 139 Å². The molecule has 7 heteroatoms. The first-order chi connectivity index (χ1) is 11.7. The van der Waals surface area contributed by atoms with E-state index < -0.39 is 5.91 Å². The second kappa shape index (κ2) is 5.84. The van der Waals surface area contributed by atoms with Crippen LogP contribution in [0.25, 0.3) is 11.0 Å². The zero-order valence-corrected chi connectivity index (χ0v) is 13.1. The average Bonchev–Trinajstić information content (AvgIpc) is 3.06. The lowest BCUT2D eigenvalue weighted by Gasteiger charge is -2.35. The van der Waals surface area contributed by atoms with Crippen LogP contribution >= 0.6 is 0 Å². The second-order valence-electron chi connectivity index (χ2n) is 5.82. The minimum atomic E-state index is -0.455. The highest BCUT2D eigenvalue weighted by atomic mass is 16.1. The molecule has 0 unspecified atom stereocenters. The molecular formula is C17H18N6O. The van der Waals surface area contributed by atoms with E-state index >= 15 is 0 Å². The number of aromatic nitrogens is 3. The van der Waals surface area contributed by atoms with E-state index in [4.69, 9.17) is 5.73 Å². The number of amides is 1. The van der Waals surface area contributed by atoms with Crippen molar-refractivity contribution >= 4 is 28.7 Å². The van der Waals surface area contributed by atoms with E-state index in [-0.39, 0.29) is 0 Å². The number of H-pyrrole nitrogens is 1. The van der Waals surface area contributed by atoms with Gasteiger partial charge in [-0.1, -0.05) is 12.1 Å². The summed E-state index contributed by atoms with van der Waals surface area (Å²) in [7, 11) is 0. The van der Waals surface area contributed by atoms with Gasteiger partial charge in [-0.2, -0.15) is 0 Å². The number of fused-ring (bicyclic) bond motifs is 1. The second-order valence-corrected chi connectivity index (χ2v) is 5.82. The number of hydrogen-bond donors (Lipinski definition) is 2. The van der Waals surface area contributed by atoms with Gasteiger partial charge in [-0.25, -0.2) is 9.97 Å². The van der Waals surface area contributed by atoms with E-state index in [1.165, 1.54) is 6.20 Å². The van der Waals surface area contributed by atoms with Crippen molar-refractivity contribution in [3.8, 4) is 0 Å². The van der Waals surface area contributed by atoms with E-state index in [1.54, 1.807) is 6.07 Å². The minimum Gasteiger partial charge on any atom is -0.366 e. The van der Waals surface area contributed by atoms with Crippen LogP contribution in [-0.4, -0.2) is 47.0 Å². The largest absolute Gasteiger partial charge is 0.366 e. The Morgan fingerprint density at radius 3 is 2.46 bits per heavy atom. The lowest BCUT2D eigenvalue weighted by molar-refractivity contribution is 0.1000. The number of primary amides is 1. The summed E-state index contributed by atoms with van der Waals surface area (Å²) in [5, 5.41) is 0. The highest BCUT2D eigenvalue weighted by Crippen LogP contribution is 2.20. The van der Waals surface area contributed by atoms with E-state index in [0.29, 0.717) is 5.56 Å². The molecule has 0 saturated carbocycles. The average molecular weight is 322 g/mol. The Kier molecular flexibility index (Phi) is 3.53. The number of benzene rings is 1. The van der Waals surface area contributed by atoms with Crippen LogP contribution in [0.3, 0.4) is 0 Å². The molecule has 0 atom stereocenters. The summed E-state index contributed by atoms with van der Waals surface area (Å²) >= 11 is 0. The Hall–Kier alpha value is -3.09. The van der Waals surface area contributed by atoms with E-state index in [0.717, 1.165) is 49.0 Å². The van der Waals surface area contributed by atoms with Crippen molar-refractivity contribution in [2.75, 3.05) is 36.0 Å². The molecule has 1 fully saturated rings. The summed E-state index contributed by atoms with van der Waals surface area (Å²) in [5.74, 6) is 1.32. The summed E-state index contributed by atoms with van der Waals surface area (Å²) in [6.45, 7) is 3.41. The third kappa shape index (κ3) is 2.64. The Bertz CT molecular complexity index is 831. The third-order valence-corrected chi connectivity index (χ3v) is 4.31. The first-order valence-electron chi connectivity index (χ1n) is 7.91. The highest BCUT2D eigenvalue weighted by Gasteiger charge is 2.20. The number of nitrogens with one attached hydrogen (secondary N) is 1. The van der Waals surface area contributed by atoms with E-state index in [9.17, 15) is 4.79 Å². The number of hydrogen-bond acceptors (Lipinski definition) is 5. The molecule has 4 rings (SSSR count). The van der Waals surface area contributed by atoms with Gasteiger partial charge in [0.1, 0.15) is 5.82 Å². The van der Waals surface area contributed by atoms with E-state index in [2.05, 4.69) is 24.8 Å². The first kappa shape index (κ1) is 14.5. The molecule has 24 heavy (non-hydrogen) atoms. The first-order valence-corrected chi connectivity index (χ1v) is 7.91. The van der Waals surface area contributed by atoms with Crippen LogP contribution < -0.4 is 15.5 Å². The topological polar surface area (TPSA) is 91.1 Å². The van der Waals surface area contributed by atoms with Gasteiger partial charge in [0.2, 0.25) is 11.9 Å². The lowest BCUT2D eigenvalue weighted by Crippen LogP contribution is -2.47. The fourth-order valence-corrected chi connectivity index (χ4v) is 2.96. The summed E-state index contributed by atoms with van der Waals surface area (Å²) in [6.07, 6.45) is 1.53. The number of para-hydroxylation sites is 2. The number of piperazine rings is 1. The fraction of sp³-hybridized carbons (Fsp3) is 0.235.